The summed E-state index contributed by atoms with van der Waals surface area (Å²) in [7, 11) is 0. The van der Waals surface area contributed by atoms with Gasteiger partial charge in [-0.15, -0.1) is 0 Å². The molecule has 1 amide bonds. The van der Waals surface area contributed by atoms with Crippen molar-refractivity contribution in [1.29, 1.82) is 5.41 Å². The summed E-state index contributed by atoms with van der Waals surface area (Å²) < 4.78 is 0. The molecule has 2 rings (SSSR count). The van der Waals surface area contributed by atoms with Gasteiger partial charge in [0.1, 0.15) is 5.84 Å². The first kappa shape index (κ1) is 17.9. The highest BCUT2D eigenvalue weighted by Gasteiger charge is 2.13. The van der Waals surface area contributed by atoms with E-state index in [0.29, 0.717) is 16.7 Å². The molecule has 0 saturated heterocycles. The number of amides is 1. The standard InChI is InChI=1S/C18H17N3O4/c19-17(20)12-6-4-11(5-7-12)16(24)13-2-1-3-14(10-13)18(25)21-9-8-15(22)23/h1-7,10H,8-9H2,(H3,19,20)(H,21,25)(H,22,23). The van der Waals surface area contributed by atoms with E-state index in [1.165, 1.54) is 6.07 Å². The van der Waals surface area contributed by atoms with Crippen LogP contribution >= 0.6 is 0 Å². The number of nitrogens with one attached hydrogen (secondary N) is 2. The van der Waals surface area contributed by atoms with E-state index in [4.69, 9.17) is 16.2 Å². The van der Waals surface area contributed by atoms with Crippen molar-refractivity contribution >= 4 is 23.5 Å². The summed E-state index contributed by atoms with van der Waals surface area (Å²) in [6.07, 6.45) is -0.174. The number of ketones is 1. The first-order valence-corrected chi connectivity index (χ1v) is 7.47. The molecule has 0 saturated carbocycles. The van der Waals surface area contributed by atoms with Crippen LogP contribution in [0.15, 0.2) is 48.5 Å². The lowest BCUT2D eigenvalue weighted by molar-refractivity contribution is -0.136. The molecule has 0 aromatic heterocycles. The number of benzene rings is 2. The molecule has 0 spiro atoms. The number of nitrogens with two attached hydrogens (primary N) is 1. The highest BCUT2D eigenvalue weighted by Crippen LogP contribution is 2.13. The molecule has 0 radical (unpaired) electrons. The predicted molar refractivity (Wildman–Crippen MR) is 91.9 cm³/mol. The molecule has 2 aromatic carbocycles. The Morgan fingerprint density at radius 3 is 2.16 bits per heavy atom. The SMILES string of the molecule is N=C(N)c1ccc(C(=O)c2cccc(C(=O)NCCC(=O)O)c2)cc1. The Labute approximate surface area is 144 Å². The second-order valence-electron chi connectivity index (χ2n) is 5.30. The lowest BCUT2D eigenvalue weighted by atomic mass is 10.00. The fourth-order valence-electron chi connectivity index (χ4n) is 2.15. The third kappa shape index (κ3) is 4.74. The van der Waals surface area contributed by atoms with Crippen molar-refractivity contribution in [2.75, 3.05) is 6.54 Å². The Hall–Kier alpha value is -3.48. The number of carboxylic acid groups (broad SMARTS) is 1. The Morgan fingerprint density at radius 2 is 1.56 bits per heavy atom. The van der Waals surface area contributed by atoms with Gasteiger partial charge < -0.3 is 16.2 Å². The van der Waals surface area contributed by atoms with E-state index in [1.54, 1.807) is 42.5 Å². The van der Waals surface area contributed by atoms with Crippen molar-refractivity contribution in [3.05, 3.63) is 70.8 Å². The van der Waals surface area contributed by atoms with Crippen LogP contribution < -0.4 is 11.1 Å². The van der Waals surface area contributed by atoms with E-state index < -0.39 is 11.9 Å². The Kier molecular flexibility index (Phi) is 5.62. The summed E-state index contributed by atoms with van der Waals surface area (Å²) >= 11 is 0. The molecule has 0 aliphatic rings. The van der Waals surface area contributed by atoms with Gasteiger partial charge >= 0.3 is 5.97 Å². The number of rotatable bonds is 7. The predicted octanol–water partition coefficient (Wildman–Crippen LogP) is 1.41. The average molecular weight is 339 g/mol. The van der Waals surface area contributed by atoms with E-state index in [2.05, 4.69) is 5.32 Å². The molecule has 0 atom stereocenters. The van der Waals surface area contributed by atoms with E-state index in [1.807, 2.05) is 0 Å². The van der Waals surface area contributed by atoms with Gasteiger partial charge in [0.25, 0.3) is 5.91 Å². The largest absolute Gasteiger partial charge is 0.481 e. The zero-order valence-corrected chi connectivity index (χ0v) is 13.3. The normalized spacial score (nSPS) is 10.1. The quantitative estimate of drug-likeness (QED) is 0.344. The monoisotopic (exact) mass is 339 g/mol. The molecule has 2 aromatic rings. The van der Waals surface area contributed by atoms with Crippen LogP contribution in [0.4, 0.5) is 0 Å². The first-order chi connectivity index (χ1) is 11.9. The van der Waals surface area contributed by atoms with Gasteiger partial charge in [0, 0.05) is 28.8 Å². The van der Waals surface area contributed by atoms with E-state index in [9.17, 15) is 14.4 Å². The van der Waals surface area contributed by atoms with Crippen LogP contribution in [0.2, 0.25) is 0 Å². The Bertz CT molecular complexity index is 828. The minimum Gasteiger partial charge on any atom is -0.481 e. The van der Waals surface area contributed by atoms with Crippen molar-refractivity contribution in [2.24, 2.45) is 5.73 Å². The summed E-state index contributed by atoms with van der Waals surface area (Å²) in [5, 5.41) is 18.4. The van der Waals surface area contributed by atoms with Crippen LogP contribution in [0.1, 0.15) is 38.3 Å². The molecule has 7 nitrogen and oxygen atoms in total. The summed E-state index contributed by atoms with van der Waals surface area (Å²) in [5.74, 6) is -1.80. The Balaban J connectivity index is 2.14. The molecule has 0 bridgehead atoms. The van der Waals surface area contributed by atoms with Gasteiger partial charge in [0.2, 0.25) is 0 Å². The molecule has 5 N–H and O–H groups in total. The molecule has 0 heterocycles. The maximum atomic E-state index is 12.5. The molecule has 0 aliphatic heterocycles. The van der Waals surface area contributed by atoms with Crippen LogP contribution in [0.25, 0.3) is 0 Å². The zero-order valence-electron chi connectivity index (χ0n) is 13.3. The molecule has 0 aliphatic carbocycles. The highest BCUT2D eigenvalue weighted by molar-refractivity contribution is 6.10. The van der Waals surface area contributed by atoms with Crippen LogP contribution in [-0.2, 0) is 4.79 Å². The van der Waals surface area contributed by atoms with Crippen LogP contribution in [0.3, 0.4) is 0 Å². The Morgan fingerprint density at radius 1 is 0.960 bits per heavy atom. The molecular formula is C18H17N3O4. The fourth-order valence-corrected chi connectivity index (χ4v) is 2.15. The molecule has 7 heteroatoms. The van der Waals surface area contributed by atoms with Crippen molar-refractivity contribution < 1.29 is 19.5 Å². The third-order valence-corrected chi connectivity index (χ3v) is 3.47. The molecule has 0 fully saturated rings. The number of amidine groups is 1. The van der Waals surface area contributed by atoms with Crippen molar-refractivity contribution in [3.8, 4) is 0 Å². The van der Waals surface area contributed by atoms with Gasteiger partial charge in [-0.2, -0.15) is 0 Å². The minimum atomic E-state index is -1.00. The van der Waals surface area contributed by atoms with E-state index in [0.717, 1.165) is 0 Å². The zero-order chi connectivity index (χ0) is 18.4. The smallest absolute Gasteiger partial charge is 0.305 e. The number of nitrogen functional groups attached to an aromatic ring is 1. The first-order valence-electron chi connectivity index (χ1n) is 7.47. The van der Waals surface area contributed by atoms with Gasteiger partial charge in [-0.25, -0.2) is 0 Å². The van der Waals surface area contributed by atoms with E-state index in [-0.39, 0.29) is 30.1 Å². The maximum Gasteiger partial charge on any atom is 0.305 e. The van der Waals surface area contributed by atoms with Gasteiger partial charge in [0.05, 0.1) is 6.42 Å². The van der Waals surface area contributed by atoms with E-state index >= 15 is 0 Å². The fraction of sp³-hybridized carbons (Fsp3) is 0.111. The third-order valence-electron chi connectivity index (χ3n) is 3.47. The van der Waals surface area contributed by atoms with Gasteiger partial charge in [-0.05, 0) is 12.1 Å². The maximum absolute atomic E-state index is 12.5. The highest BCUT2D eigenvalue weighted by atomic mass is 16.4. The van der Waals surface area contributed by atoms with Crippen molar-refractivity contribution in [3.63, 3.8) is 0 Å². The van der Waals surface area contributed by atoms with Gasteiger partial charge in [-0.1, -0.05) is 36.4 Å². The van der Waals surface area contributed by atoms with Crippen molar-refractivity contribution in [1.82, 2.24) is 5.32 Å². The van der Waals surface area contributed by atoms with Crippen LogP contribution in [0, 0.1) is 5.41 Å². The molecule has 25 heavy (non-hydrogen) atoms. The number of carbonyl (C=O) groups excluding carboxylic acids is 2. The lowest BCUT2D eigenvalue weighted by Gasteiger charge is -2.06. The summed E-state index contributed by atoms with van der Waals surface area (Å²) in [6, 6.07) is 12.5. The number of carboxylic acids is 1. The summed E-state index contributed by atoms with van der Waals surface area (Å²) in [5.41, 5.74) is 6.92. The second kappa shape index (κ2) is 7.87. The number of hydrogen-bond acceptors (Lipinski definition) is 4. The van der Waals surface area contributed by atoms with Crippen molar-refractivity contribution in [2.45, 2.75) is 6.42 Å². The topological polar surface area (TPSA) is 133 Å². The lowest BCUT2D eigenvalue weighted by Crippen LogP contribution is -2.26. The number of hydrogen-bond donors (Lipinski definition) is 4. The number of aliphatic carboxylic acids is 1. The second-order valence-corrected chi connectivity index (χ2v) is 5.30. The molecule has 128 valence electrons. The van der Waals surface area contributed by atoms with Crippen LogP contribution in [0.5, 0.6) is 0 Å². The van der Waals surface area contributed by atoms with Crippen LogP contribution in [-0.4, -0.2) is 35.1 Å². The van der Waals surface area contributed by atoms with Gasteiger partial charge in [-0.3, -0.25) is 19.8 Å². The molecule has 0 unspecified atom stereocenters. The summed E-state index contributed by atoms with van der Waals surface area (Å²) in [6.45, 7) is 0.0127. The van der Waals surface area contributed by atoms with Gasteiger partial charge in [0.15, 0.2) is 5.78 Å². The minimum absolute atomic E-state index is 0.0127. The summed E-state index contributed by atoms with van der Waals surface area (Å²) in [4.78, 5) is 35.0. The molecular weight excluding hydrogens is 322 g/mol. The average Bonchev–Trinajstić information content (AvgIpc) is 2.61. The number of carbonyl (C=O) groups is 3.